The molecule has 0 aliphatic carbocycles. The second kappa shape index (κ2) is 9.75. The number of rotatable bonds is 6. The zero-order valence-electron chi connectivity index (χ0n) is 19.3. The summed E-state index contributed by atoms with van der Waals surface area (Å²) in [6, 6.07) is 10.4. The first-order valence-corrected chi connectivity index (χ1v) is 12.1. The van der Waals surface area contributed by atoms with E-state index in [1.165, 1.54) is 30.5 Å². The average molecular weight is 525 g/mol. The number of hydrogen-bond donors (Lipinski definition) is 1. The van der Waals surface area contributed by atoms with Crippen LogP contribution >= 0.6 is 0 Å². The van der Waals surface area contributed by atoms with E-state index in [4.69, 9.17) is 20.3 Å². The number of nitriles is 1. The fraction of sp³-hybridized carbons (Fsp3) is 0.125. The molecule has 0 atom stereocenters. The molecule has 0 radical (unpaired) electrons. The van der Waals surface area contributed by atoms with Gasteiger partial charge in [0.1, 0.15) is 17.3 Å². The Balaban J connectivity index is 1.78. The summed E-state index contributed by atoms with van der Waals surface area (Å²) in [6.07, 6.45) is 0.0563. The molecular weight excluding hydrogens is 508 g/mol. The first kappa shape index (κ1) is 25.4. The Bertz CT molecular complexity index is 1640. The van der Waals surface area contributed by atoms with Gasteiger partial charge in [0.05, 0.1) is 39.2 Å². The number of halogens is 2. The Labute approximate surface area is 209 Å². The monoisotopic (exact) mass is 525 g/mol. The van der Waals surface area contributed by atoms with Gasteiger partial charge >= 0.3 is 6.09 Å². The van der Waals surface area contributed by atoms with E-state index in [9.17, 15) is 22.0 Å². The van der Waals surface area contributed by atoms with Crippen molar-refractivity contribution in [1.29, 1.82) is 5.26 Å². The maximum absolute atomic E-state index is 14.5. The maximum atomic E-state index is 14.5. The topological polar surface area (TPSA) is 162 Å². The van der Waals surface area contributed by atoms with Crippen LogP contribution in [0.1, 0.15) is 19.4 Å². The Hall–Kier alpha value is -4.70. The summed E-state index contributed by atoms with van der Waals surface area (Å²) in [7, 11) is -3.49. The lowest BCUT2D eigenvalue weighted by Gasteiger charge is -2.10. The van der Waals surface area contributed by atoms with Gasteiger partial charge in [0.2, 0.25) is 0 Å². The van der Waals surface area contributed by atoms with Crippen molar-refractivity contribution < 1.29 is 31.3 Å². The smallest absolute Gasteiger partial charge is 0.389 e. The third-order valence-electron chi connectivity index (χ3n) is 5.21. The summed E-state index contributed by atoms with van der Waals surface area (Å²) in [5.41, 5.74) is 4.62. The van der Waals surface area contributed by atoms with Crippen LogP contribution in [0.5, 0.6) is 5.88 Å². The van der Waals surface area contributed by atoms with E-state index in [0.29, 0.717) is 5.56 Å². The van der Waals surface area contributed by atoms with Crippen LogP contribution in [0.2, 0.25) is 0 Å². The molecule has 2 aromatic heterocycles. The zero-order valence-corrected chi connectivity index (χ0v) is 20.1. The van der Waals surface area contributed by atoms with Crippen LogP contribution in [-0.4, -0.2) is 34.9 Å². The van der Waals surface area contributed by atoms with Crippen molar-refractivity contribution in [2.24, 2.45) is 5.73 Å². The molecule has 0 spiro atoms. The van der Waals surface area contributed by atoms with Crippen molar-refractivity contribution in [2.75, 3.05) is 0 Å². The number of hydrogen-bond acceptors (Lipinski definition) is 9. The lowest BCUT2D eigenvalue weighted by atomic mass is 10.1. The van der Waals surface area contributed by atoms with Crippen molar-refractivity contribution in [3.05, 3.63) is 65.9 Å². The highest BCUT2D eigenvalue weighted by Crippen LogP contribution is 2.34. The van der Waals surface area contributed by atoms with Gasteiger partial charge in [-0.05, 0) is 38.1 Å². The van der Waals surface area contributed by atoms with Crippen LogP contribution in [-0.2, 0) is 9.84 Å². The number of sulfone groups is 1. The number of primary amides is 1. The number of amides is 1. The summed E-state index contributed by atoms with van der Waals surface area (Å²) in [6.45, 7) is 3.14. The Morgan fingerprint density at radius 3 is 2.32 bits per heavy atom. The summed E-state index contributed by atoms with van der Waals surface area (Å²) < 4.78 is 63.8. The van der Waals surface area contributed by atoms with Gasteiger partial charge in [0.15, 0.2) is 21.3 Å². The van der Waals surface area contributed by atoms with Crippen molar-refractivity contribution >= 4 is 15.9 Å². The first-order chi connectivity index (χ1) is 17.5. The molecule has 2 heterocycles. The fourth-order valence-corrected chi connectivity index (χ4v) is 4.38. The highest BCUT2D eigenvalue weighted by Gasteiger charge is 2.23. The number of benzene rings is 2. The fourth-order valence-electron chi connectivity index (χ4n) is 3.32. The van der Waals surface area contributed by atoms with Crippen molar-refractivity contribution in [2.45, 2.75) is 24.0 Å². The second-order valence-corrected chi connectivity index (χ2v) is 10.5. The molecule has 13 heteroatoms. The summed E-state index contributed by atoms with van der Waals surface area (Å²) >= 11 is 0. The predicted molar refractivity (Wildman–Crippen MR) is 126 cm³/mol. The summed E-state index contributed by atoms with van der Waals surface area (Å²) in [4.78, 5) is 19.9. The van der Waals surface area contributed by atoms with E-state index < -0.39 is 38.4 Å². The van der Waals surface area contributed by atoms with E-state index >= 15 is 0 Å². The van der Waals surface area contributed by atoms with E-state index in [2.05, 4.69) is 15.1 Å². The summed E-state index contributed by atoms with van der Waals surface area (Å²) in [5, 5.41) is 12.0. The zero-order chi connectivity index (χ0) is 26.9. The molecule has 2 N–H and O–H groups in total. The normalized spacial score (nSPS) is 11.4. The lowest BCUT2D eigenvalue weighted by Crippen LogP contribution is -2.17. The third-order valence-corrected chi connectivity index (χ3v) is 7.38. The van der Waals surface area contributed by atoms with Crippen LogP contribution in [0.3, 0.4) is 0 Å². The molecule has 4 rings (SSSR count). The number of nitrogens with two attached hydrogens (primary N) is 1. The molecule has 0 unspecified atom stereocenters. The quantitative estimate of drug-likeness (QED) is 0.388. The van der Waals surface area contributed by atoms with Crippen LogP contribution in [0, 0.1) is 23.0 Å². The summed E-state index contributed by atoms with van der Waals surface area (Å²) in [5.74, 6) is -2.61. The van der Waals surface area contributed by atoms with Crippen molar-refractivity contribution in [3.8, 4) is 45.9 Å². The molecule has 0 bridgehead atoms. The minimum absolute atomic E-state index is 0.125. The van der Waals surface area contributed by atoms with Crippen molar-refractivity contribution in [1.82, 2.24) is 15.1 Å². The van der Waals surface area contributed by atoms with Gasteiger partial charge in [-0.15, -0.1) is 0 Å². The number of aromatic nitrogens is 3. The first-order valence-electron chi connectivity index (χ1n) is 10.6. The Kier molecular flexibility index (Phi) is 6.69. The molecule has 188 valence electrons. The molecule has 37 heavy (non-hydrogen) atoms. The molecule has 1 amide bonds. The van der Waals surface area contributed by atoms with E-state index in [1.807, 2.05) is 0 Å². The highest BCUT2D eigenvalue weighted by atomic mass is 32.2. The van der Waals surface area contributed by atoms with Crippen LogP contribution in [0.25, 0.3) is 34.0 Å². The lowest BCUT2D eigenvalue weighted by molar-refractivity contribution is 0.209. The third kappa shape index (κ3) is 5.00. The molecule has 2 aromatic carbocycles. The van der Waals surface area contributed by atoms with Crippen molar-refractivity contribution in [3.63, 3.8) is 0 Å². The Morgan fingerprint density at radius 1 is 1.11 bits per heavy atom. The molecule has 0 aliphatic heterocycles. The maximum Gasteiger partial charge on any atom is 0.411 e. The number of carbonyl (C=O) groups excluding carboxylic acids is 1. The van der Waals surface area contributed by atoms with Gasteiger partial charge in [-0.1, -0.05) is 17.3 Å². The number of nitrogens with zero attached hydrogens (tertiary/aromatic N) is 4. The highest BCUT2D eigenvalue weighted by molar-refractivity contribution is 7.92. The number of ether oxygens (including phenoxy) is 1. The SMILES string of the molecule is CC(C)S(=O)(=O)c1ccc(-c2cnc(OC(N)=O)c(-c3cc(-c4c(F)cc(C#N)cc4F)no3)n2)cc1. The second-order valence-electron chi connectivity index (χ2n) is 7.95. The molecule has 4 aromatic rings. The van der Waals surface area contributed by atoms with E-state index in [1.54, 1.807) is 19.9 Å². The molecule has 0 saturated heterocycles. The largest absolute Gasteiger partial charge is 0.411 e. The molecule has 0 saturated carbocycles. The van der Waals surface area contributed by atoms with E-state index in [0.717, 1.165) is 18.2 Å². The molecule has 0 fully saturated rings. The minimum Gasteiger partial charge on any atom is -0.389 e. The van der Waals surface area contributed by atoms with Gasteiger partial charge in [-0.2, -0.15) is 5.26 Å². The molecular formula is C24H17F2N5O5S. The Morgan fingerprint density at radius 2 is 1.76 bits per heavy atom. The van der Waals surface area contributed by atoms with Crippen LogP contribution < -0.4 is 10.5 Å². The van der Waals surface area contributed by atoms with Gasteiger partial charge < -0.3 is 15.0 Å². The average Bonchev–Trinajstić information content (AvgIpc) is 3.33. The predicted octanol–water partition coefficient (Wildman–Crippen LogP) is 4.26. The van der Waals surface area contributed by atoms with Crippen LogP contribution in [0.15, 0.2) is 58.1 Å². The van der Waals surface area contributed by atoms with Crippen LogP contribution in [0.4, 0.5) is 13.6 Å². The molecule has 10 nitrogen and oxygen atoms in total. The standard InChI is InChI=1S/C24H17F2N5O5S/c1-12(2)37(33,34)15-5-3-14(4-6-15)19-11-29-23(35-24(28)32)22(30-19)20-9-18(31-36-20)21-16(25)7-13(10-27)8-17(21)26/h3-9,11-12H,1-2H3,(H2,28,32). The van der Waals surface area contributed by atoms with Gasteiger partial charge in [0.25, 0.3) is 5.88 Å². The number of carbonyl (C=O) groups is 1. The van der Waals surface area contributed by atoms with E-state index in [-0.39, 0.29) is 39.2 Å². The van der Waals surface area contributed by atoms with Gasteiger partial charge in [0, 0.05) is 11.6 Å². The minimum atomic E-state index is -3.49. The van der Waals surface area contributed by atoms with Gasteiger partial charge in [-0.3, -0.25) is 0 Å². The van der Waals surface area contributed by atoms with Gasteiger partial charge in [-0.25, -0.2) is 32.0 Å². The molecule has 0 aliphatic rings.